The summed E-state index contributed by atoms with van der Waals surface area (Å²) in [6.45, 7) is 0. The summed E-state index contributed by atoms with van der Waals surface area (Å²) < 4.78 is 27.4. The lowest BCUT2D eigenvalue weighted by atomic mass is 10.0. The van der Waals surface area contributed by atoms with Crippen LogP contribution in [0.3, 0.4) is 0 Å². The van der Waals surface area contributed by atoms with Crippen molar-refractivity contribution in [1.29, 1.82) is 0 Å². The van der Waals surface area contributed by atoms with Gasteiger partial charge >= 0.3 is 0 Å². The van der Waals surface area contributed by atoms with E-state index in [1.165, 1.54) is 18.2 Å². The second-order valence-electron chi connectivity index (χ2n) is 4.11. The molecular formula is C14H10Br2F2O. The Bertz CT molecular complexity index is 602. The largest absolute Gasteiger partial charge is 0.388 e. The first kappa shape index (κ1) is 14.6. The lowest BCUT2D eigenvalue weighted by Crippen LogP contribution is -2.03. The molecule has 2 aromatic rings. The van der Waals surface area contributed by atoms with Crippen LogP contribution in [0.2, 0.25) is 0 Å². The maximum Gasteiger partial charge on any atom is 0.137 e. The second kappa shape index (κ2) is 6.11. The third kappa shape index (κ3) is 3.41. The molecule has 0 aliphatic carbocycles. The molecule has 2 rings (SSSR count). The van der Waals surface area contributed by atoms with Gasteiger partial charge in [0.2, 0.25) is 0 Å². The van der Waals surface area contributed by atoms with E-state index in [-0.39, 0.29) is 12.2 Å². The smallest absolute Gasteiger partial charge is 0.137 e. The average Bonchev–Trinajstić information content (AvgIpc) is 2.38. The number of aliphatic hydroxyl groups is 1. The maximum atomic E-state index is 13.4. The van der Waals surface area contributed by atoms with E-state index in [0.29, 0.717) is 20.1 Å². The molecular weight excluding hydrogens is 382 g/mol. The Balaban J connectivity index is 2.23. The van der Waals surface area contributed by atoms with Gasteiger partial charge < -0.3 is 5.11 Å². The lowest BCUT2D eigenvalue weighted by Gasteiger charge is -2.13. The molecule has 0 fully saturated rings. The van der Waals surface area contributed by atoms with E-state index in [2.05, 4.69) is 31.9 Å². The summed E-state index contributed by atoms with van der Waals surface area (Å²) in [6, 6.07) is 9.05. The van der Waals surface area contributed by atoms with Crippen LogP contribution in [-0.4, -0.2) is 5.11 Å². The normalized spacial score (nSPS) is 12.5. The predicted molar refractivity (Wildman–Crippen MR) is 76.9 cm³/mol. The Morgan fingerprint density at radius 1 is 1.05 bits per heavy atom. The van der Waals surface area contributed by atoms with E-state index in [1.54, 1.807) is 18.2 Å². The van der Waals surface area contributed by atoms with Gasteiger partial charge in [-0.2, -0.15) is 0 Å². The van der Waals surface area contributed by atoms with Gasteiger partial charge in [-0.05, 0) is 61.2 Å². The van der Waals surface area contributed by atoms with E-state index >= 15 is 0 Å². The number of rotatable bonds is 3. The molecule has 0 saturated carbocycles. The Kier molecular flexibility index (Phi) is 4.71. The monoisotopic (exact) mass is 390 g/mol. The van der Waals surface area contributed by atoms with Crippen molar-refractivity contribution in [3.8, 4) is 0 Å². The van der Waals surface area contributed by atoms with Gasteiger partial charge in [0.05, 0.1) is 15.0 Å². The number of aliphatic hydroxyl groups excluding tert-OH is 1. The first-order chi connectivity index (χ1) is 8.99. The minimum atomic E-state index is -0.888. The van der Waals surface area contributed by atoms with Crippen LogP contribution in [0.5, 0.6) is 0 Å². The molecule has 2 aromatic carbocycles. The second-order valence-corrected chi connectivity index (χ2v) is 5.75. The molecule has 0 heterocycles. The molecule has 0 radical (unpaired) electrons. The first-order valence-corrected chi connectivity index (χ1v) is 7.13. The van der Waals surface area contributed by atoms with E-state index in [4.69, 9.17) is 0 Å². The Morgan fingerprint density at radius 3 is 2.47 bits per heavy atom. The molecule has 19 heavy (non-hydrogen) atoms. The average molecular weight is 392 g/mol. The zero-order valence-corrected chi connectivity index (χ0v) is 12.9. The number of hydrogen-bond acceptors (Lipinski definition) is 1. The van der Waals surface area contributed by atoms with Crippen molar-refractivity contribution in [2.24, 2.45) is 0 Å². The zero-order chi connectivity index (χ0) is 14.0. The van der Waals surface area contributed by atoms with Crippen LogP contribution in [0.15, 0.2) is 45.3 Å². The van der Waals surface area contributed by atoms with Crippen LogP contribution >= 0.6 is 31.9 Å². The highest BCUT2D eigenvalue weighted by Gasteiger charge is 2.14. The van der Waals surface area contributed by atoms with Crippen LogP contribution in [0.1, 0.15) is 17.2 Å². The molecule has 5 heteroatoms. The van der Waals surface area contributed by atoms with E-state index in [9.17, 15) is 13.9 Å². The van der Waals surface area contributed by atoms with Crippen molar-refractivity contribution >= 4 is 31.9 Å². The van der Waals surface area contributed by atoms with Crippen LogP contribution in [0.25, 0.3) is 0 Å². The summed E-state index contributed by atoms with van der Waals surface area (Å²) in [5.74, 6) is -0.818. The number of halogens is 4. The molecule has 0 aromatic heterocycles. The lowest BCUT2D eigenvalue weighted by molar-refractivity contribution is 0.177. The van der Waals surface area contributed by atoms with E-state index in [1.807, 2.05) is 0 Å². The summed E-state index contributed by atoms with van der Waals surface area (Å²) in [4.78, 5) is 0. The zero-order valence-electron chi connectivity index (χ0n) is 9.71. The third-order valence-corrected chi connectivity index (χ3v) is 4.30. The van der Waals surface area contributed by atoms with Crippen LogP contribution < -0.4 is 0 Å². The summed E-state index contributed by atoms with van der Waals surface area (Å²) in [5, 5.41) is 10.1. The van der Waals surface area contributed by atoms with Gasteiger partial charge in [0.15, 0.2) is 0 Å². The summed E-state index contributed by atoms with van der Waals surface area (Å²) in [6.07, 6.45) is -0.680. The fourth-order valence-electron chi connectivity index (χ4n) is 1.75. The van der Waals surface area contributed by atoms with Gasteiger partial charge in [0.25, 0.3) is 0 Å². The summed E-state index contributed by atoms with van der Waals surface area (Å²) in [7, 11) is 0. The van der Waals surface area contributed by atoms with Gasteiger partial charge in [-0.3, -0.25) is 0 Å². The summed E-state index contributed by atoms with van der Waals surface area (Å²) >= 11 is 6.19. The minimum absolute atomic E-state index is 0.208. The molecule has 0 aliphatic rings. The van der Waals surface area contributed by atoms with Crippen molar-refractivity contribution in [2.45, 2.75) is 12.5 Å². The minimum Gasteiger partial charge on any atom is -0.388 e. The highest BCUT2D eigenvalue weighted by Crippen LogP contribution is 2.27. The molecule has 1 N–H and O–H groups in total. The summed E-state index contributed by atoms with van der Waals surface area (Å²) in [5.41, 5.74) is 1.09. The number of benzene rings is 2. The molecule has 100 valence electrons. The van der Waals surface area contributed by atoms with Crippen molar-refractivity contribution < 1.29 is 13.9 Å². The van der Waals surface area contributed by atoms with E-state index < -0.39 is 11.9 Å². The maximum absolute atomic E-state index is 13.4. The van der Waals surface area contributed by atoms with Crippen molar-refractivity contribution in [3.63, 3.8) is 0 Å². The fourth-order valence-corrected chi connectivity index (χ4v) is 2.42. The van der Waals surface area contributed by atoms with Crippen molar-refractivity contribution in [1.82, 2.24) is 0 Å². The Labute approximate surface area is 126 Å². The molecule has 0 amide bonds. The molecule has 0 saturated heterocycles. The van der Waals surface area contributed by atoms with Gasteiger partial charge in [-0.25, -0.2) is 8.78 Å². The quantitative estimate of drug-likeness (QED) is 0.799. The Morgan fingerprint density at radius 2 is 1.79 bits per heavy atom. The third-order valence-electron chi connectivity index (χ3n) is 2.77. The van der Waals surface area contributed by atoms with Crippen molar-refractivity contribution in [3.05, 3.63) is 68.1 Å². The fraction of sp³-hybridized carbons (Fsp3) is 0.143. The molecule has 0 bridgehead atoms. The Hall–Kier alpha value is -0.780. The van der Waals surface area contributed by atoms with Gasteiger partial charge in [0, 0.05) is 6.42 Å². The van der Waals surface area contributed by atoms with Gasteiger partial charge in [0.1, 0.15) is 11.6 Å². The predicted octanol–water partition coefficient (Wildman–Crippen LogP) is 4.77. The topological polar surface area (TPSA) is 20.2 Å². The highest BCUT2D eigenvalue weighted by molar-refractivity contribution is 9.10. The SMILES string of the molecule is OC(Cc1cccc(F)c1Br)c1ccc(Br)c(F)c1. The van der Waals surface area contributed by atoms with Crippen LogP contribution in [0.4, 0.5) is 8.78 Å². The van der Waals surface area contributed by atoms with E-state index in [0.717, 1.165) is 0 Å². The standard InChI is InChI=1S/C14H10Br2F2O/c15-10-5-4-8(6-12(10)18)13(19)7-9-2-1-3-11(17)14(9)16/h1-6,13,19H,7H2. The molecule has 0 aliphatic heterocycles. The first-order valence-electron chi connectivity index (χ1n) is 5.55. The number of hydrogen-bond donors (Lipinski definition) is 1. The van der Waals surface area contributed by atoms with Gasteiger partial charge in [-0.15, -0.1) is 0 Å². The molecule has 1 atom stereocenters. The van der Waals surface area contributed by atoms with Gasteiger partial charge in [-0.1, -0.05) is 18.2 Å². The van der Waals surface area contributed by atoms with Crippen LogP contribution in [-0.2, 0) is 6.42 Å². The molecule has 1 nitrogen and oxygen atoms in total. The van der Waals surface area contributed by atoms with Crippen molar-refractivity contribution in [2.75, 3.05) is 0 Å². The molecule has 1 unspecified atom stereocenters. The molecule has 0 spiro atoms. The highest BCUT2D eigenvalue weighted by atomic mass is 79.9. The van der Waals surface area contributed by atoms with Crippen LogP contribution in [0, 0.1) is 11.6 Å².